The van der Waals surface area contributed by atoms with Gasteiger partial charge in [0, 0.05) is 37.7 Å². The van der Waals surface area contributed by atoms with E-state index in [-0.39, 0.29) is 28.8 Å². The average Bonchev–Trinajstić information content (AvgIpc) is 3.68. The van der Waals surface area contributed by atoms with E-state index in [9.17, 15) is 18.0 Å². The third-order valence-electron chi connectivity index (χ3n) is 6.49. The minimum atomic E-state index is -3.32. The number of benzene rings is 1. The second-order valence-corrected chi connectivity index (χ2v) is 11.4. The van der Waals surface area contributed by atoms with E-state index in [1.54, 1.807) is 36.1 Å². The highest BCUT2D eigenvalue weighted by molar-refractivity contribution is 7.92. The third kappa shape index (κ3) is 4.28. The number of nitrogens with zero attached hydrogens (tertiary/aromatic N) is 2. The quantitative estimate of drug-likeness (QED) is 0.646. The van der Waals surface area contributed by atoms with Gasteiger partial charge >= 0.3 is 0 Å². The summed E-state index contributed by atoms with van der Waals surface area (Å²) < 4.78 is 27.6. The molecule has 1 aromatic heterocycles. The zero-order chi connectivity index (χ0) is 22.5. The summed E-state index contributed by atoms with van der Waals surface area (Å²) in [4.78, 5) is 25.5. The smallest absolute Gasteiger partial charge is 0.257 e. The molecule has 0 bridgehead atoms. The summed E-state index contributed by atoms with van der Waals surface area (Å²) in [7, 11) is -1.54. The molecule has 3 aliphatic rings. The number of carbonyl (C=O) groups is 2. The predicted molar refractivity (Wildman–Crippen MR) is 121 cm³/mol. The molecule has 0 aliphatic heterocycles. The number of carbonyl (C=O) groups excluding carboxylic acids is 2. The number of hydrogen-bond acceptors (Lipinski definition) is 5. The summed E-state index contributed by atoms with van der Waals surface area (Å²) >= 11 is 0. The Kier molecular flexibility index (Phi) is 5.28. The number of rotatable bonds is 7. The lowest BCUT2D eigenvalue weighted by molar-refractivity contribution is -0.117. The molecule has 1 N–H and O–H groups in total. The van der Waals surface area contributed by atoms with Gasteiger partial charge in [0.15, 0.2) is 15.7 Å². The van der Waals surface area contributed by atoms with E-state index in [2.05, 4.69) is 10.4 Å². The first kappa shape index (κ1) is 21.1. The van der Waals surface area contributed by atoms with Crippen molar-refractivity contribution < 1.29 is 18.0 Å². The standard InChI is InChI=1S/C24H27N3O4S/c1-27-11-10-23(26-27)25-24(29)21(13-15-2-6-18(28)12-15)17-5-9-22(20(14-17)16-3-4-16)32(30,31)19-7-8-19/h5,9-11,13-16,19H,2-4,6-8,12H2,1H3,(H,25,26,29)/b21-13+. The minimum Gasteiger partial charge on any atom is -0.305 e. The molecule has 7 nitrogen and oxygen atoms in total. The molecule has 168 valence electrons. The summed E-state index contributed by atoms with van der Waals surface area (Å²) in [5.41, 5.74) is 1.98. The van der Waals surface area contributed by atoms with Gasteiger partial charge in [-0.2, -0.15) is 5.10 Å². The maximum Gasteiger partial charge on any atom is 0.257 e. The highest BCUT2D eigenvalue weighted by Gasteiger charge is 2.40. The van der Waals surface area contributed by atoms with Crippen LogP contribution in [0.15, 0.2) is 41.4 Å². The lowest BCUT2D eigenvalue weighted by Crippen LogP contribution is -2.16. The third-order valence-corrected chi connectivity index (χ3v) is 8.83. The van der Waals surface area contributed by atoms with Gasteiger partial charge in [-0.05, 0) is 67.2 Å². The highest BCUT2D eigenvalue weighted by Crippen LogP contribution is 2.46. The Morgan fingerprint density at radius 3 is 2.53 bits per heavy atom. The number of aromatic nitrogens is 2. The van der Waals surface area contributed by atoms with Crippen LogP contribution in [-0.2, 0) is 26.5 Å². The Labute approximate surface area is 187 Å². The molecular formula is C24H27N3O4S. The van der Waals surface area contributed by atoms with Gasteiger partial charge in [-0.1, -0.05) is 12.1 Å². The van der Waals surface area contributed by atoms with Crippen molar-refractivity contribution in [3.05, 3.63) is 47.7 Å². The molecule has 5 rings (SSSR count). The van der Waals surface area contributed by atoms with E-state index in [1.165, 1.54) is 0 Å². The SMILES string of the molecule is Cn1ccc(NC(=O)/C(=C/C2CCC(=O)C2)c2ccc(S(=O)(=O)C3CC3)c(C3CC3)c2)n1. The van der Waals surface area contributed by atoms with Gasteiger partial charge in [0.05, 0.1) is 10.1 Å². The lowest BCUT2D eigenvalue weighted by atomic mass is 9.95. The number of nitrogens with one attached hydrogen (secondary N) is 1. The van der Waals surface area contributed by atoms with Gasteiger partial charge in [0.25, 0.3) is 5.91 Å². The van der Waals surface area contributed by atoms with Crippen molar-refractivity contribution in [2.24, 2.45) is 13.0 Å². The van der Waals surface area contributed by atoms with Crippen molar-refractivity contribution in [1.29, 1.82) is 0 Å². The van der Waals surface area contributed by atoms with E-state index < -0.39 is 9.84 Å². The highest BCUT2D eigenvalue weighted by atomic mass is 32.2. The summed E-state index contributed by atoms with van der Waals surface area (Å²) in [5, 5.41) is 6.80. The fraction of sp³-hybridized carbons (Fsp3) is 0.458. The number of sulfone groups is 1. The first-order valence-electron chi connectivity index (χ1n) is 11.2. The van der Waals surface area contributed by atoms with Crippen molar-refractivity contribution >= 4 is 32.9 Å². The fourth-order valence-electron chi connectivity index (χ4n) is 4.44. The van der Waals surface area contributed by atoms with Gasteiger partial charge in [0.2, 0.25) is 0 Å². The Morgan fingerprint density at radius 1 is 1.16 bits per heavy atom. The van der Waals surface area contributed by atoms with E-state index in [0.29, 0.717) is 34.7 Å². The molecule has 0 saturated heterocycles. The van der Waals surface area contributed by atoms with Gasteiger partial charge in [-0.15, -0.1) is 0 Å². The molecule has 3 aliphatic carbocycles. The molecule has 1 atom stereocenters. The van der Waals surface area contributed by atoms with Gasteiger partial charge in [0.1, 0.15) is 5.78 Å². The molecule has 1 amide bonds. The summed E-state index contributed by atoms with van der Waals surface area (Å²) in [6.45, 7) is 0. The van der Waals surface area contributed by atoms with E-state index in [1.807, 2.05) is 12.1 Å². The van der Waals surface area contributed by atoms with Crippen molar-refractivity contribution in [3.8, 4) is 0 Å². The zero-order valence-corrected chi connectivity index (χ0v) is 18.9. The first-order chi connectivity index (χ1) is 15.3. The largest absolute Gasteiger partial charge is 0.305 e. The number of Topliss-reactive ketones (excluding diaryl/α,β-unsaturated/α-hetero) is 1. The molecule has 32 heavy (non-hydrogen) atoms. The van der Waals surface area contributed by atoms with Crippen molar-refractivity contribution in [1.82, 2.24) is 9.78 Å². The van der Waals surface area contributed by atoms with Crippen LogP contribution in [0.25, 0.3) is 5.57 Å². The van der Waals surface area contributed by atoms with Crippen LogP contribution in [0.1, 0.15) is 62.0 Å². The summed E-state index contributed by atoms with van der Waals surface area (Å²) in [6, 6.07) is 7.02. The molecule has 3 fully saturated rings. The number of hydrogen-bond donors (Lipinski definition) is 1. The van der Waals surface area contributed by atoms with Crippen molar-refractivity contribution in [3.63, 3.8) is 0 Å². The maximum absolute atomic E-state index is 13.3. The predicted octanol–water partition coefficient (Wildman–Crippen LogP) is 3.62. The molecule has 1 unspecified atom stereocenters. The fourth-order valence-corrected chi connectivity index (χ4v) is 6.36. The average molecular weight is 454 g/mol. The molecule has 0 radical (unpaired) electrons. The second-order valence-electron chi connectivity index (χ2n) is 9.22. The van der Waals surface area contributed by atoms with Gasteiger partial charge < -0.3 is 5.32 Å². The van der Waals surface area contributed by atoms with Crippen LogP contribution in [0.3, 0.4) is 0 Å². The maximum atomic E-state index is 13.3. The zero-order valence-electron chi connectivity index (χ0n) is 18.1. The number of anilines is 1. The molecule has 1 aromatic carbocycles. The lowest BCUT2D eigenvalue weighted by Gasteiger charge is -2.15. The Morgan fingerprint density at radius 2 is 1.94 bits per heavy atom. The minimum absolute atomic E-state index is 0.00577. The van der Waals surface area contributed by atoms with Crippen LogP contribution in [0.2, 0.25) is 0 Å². The van der Waals surface area contributed by atoms with Crippen LogP contribution < -0.4 is 5.32 Å². The molecule has 8 heteroatoms. The number of aryl methyl sites for hydroxylation is 1. The summed E-state index contributed by atoms with van der Waals surface area (Å²) in [5.74, 6) is 0.585. The molecule has 1 heterocycles. The van der Waals surface area contributed by atoms with Crippen LogP contribution in [-0.4, -0.2) is 35.1 Å². The van der Waals surface area contributed by atoms with Crippen LogP contribution in [0.5, 0.6) is 0 Å². The van der Waals surface area contributed by atoms with Gasteiger partial charge in [-0.3, -0.25) is 14.3 Å². The normalized spacial score (nSPS) is 21.7. The topological polar surface area (TPSA) is 98.1 Å². The number of allylic oxidation sites excluding steroid dienone is 1. The van der Waals surface area contributed by atoms with Crippen molar-refractivity contribution in [2.45, 2.75) is 61.0 Å². The molecule has 3 saturated carbocycles. The Hall–Kier alpha value is -2.74. The van der Waals surface area contributed by atoms with Crippen LogP contribution >= 0.6 is 0 Å². The molecule has 0 spiro atoms. The van der Waals surface area contributed by atoms with Gasteiger partial charge in [-0.25, -0.2) is 8.42 Å². The Balaban J connectivity index is 1.53. The van der Waals surface area contributed by atoms with Crippen LogP contribution in [0.4, 0.5) is 5.82 Å². The van der Waals surface area contributed by atoms with E-state index in [4.69, 9.17) is 0 Å². The first-order valence-corrected chi connectivity index (χ1v) is 12.8. The summed E-state index contributed by atoms with van der Waals surface area (Å²) in [6.07, 6.45) is 8.69. The number of ketones is 1. The van der Waals surface area contributed by atoms with Crippen LogP contribution in [0, 0.1) is 5.92 Å². The van der Waals surface area contributed by atoms with E-state index in [0.717, 1.165) is 37.7 Å². The van der Waals surface area contributed by atoms with Crippen molar-refractivity contribution in [2.75, 3.05) is 5.32 Å². The molecular weight excluding hydrogens is 426 g/mol. The number of amides is 1. The Bertz CT molecular complexity index is 1220. The monoisotopic (exact) mass is 453 g/mol. The second kappa shape index (κ2) is 7.99. The molecule has 2 aromatic rings. The van der Waals surface area contributed by atoms with E-state index >= 15 is 0 Å².